The van der Waals surface area contributed by atoms with Gasteiger partial charge in [-0.1, -0.05) is 12.1 Å². The summed E-state index contributed by atoms with van der Waals surface area (Å²) in [7, 11) is 3.10. The van der Waals surface area contributed by atoms with Crippen LogP contribution in [0.25, 0.3) is 10.9 Å². The second-order valence-electron chi connectivity index (χ2n) is 5.26. The standard InChI is InChI=1S/C18H17FN2O3/c1-23-16-7-13-14(10-20-15(13)8-17(16)24-2)18(22)21-9-11-3-5-12(19)6-4-11/h3-8,10,20H,9H2,1-2H3,(H,21,22). The Morgan fingerprint density at radius 2 is 1.79 bits per heavy atom. The number of amides is 1. The molecule has 0 fully saturated rings. The highest BCUT2D eigenvalue weighted by molar-refractivity contribution is 6.07. The van der Waals surface area contributed by atoms with Gasteiger partial charge >= 0.3 is 0 Å². The Bertz CT molecular complexity index is 872. The normalized spacial score (nSPS) is 10.6. The predicted octanol–water partition coefficient (Wildman–Crippen LogP) is 3.25. The van der Waals surface area contributed by atoms with Crippen molar-refractivity contribution in [2.24, 2.45) is 0 Å². The van der Waals surface area contributed by atoms with E-state index in [4.69, 9.17) is 9.47 Å². The fraction of sp³-hybridized carbons (Fsp3) is 0.167. The van der Waals surface area contributed by atoms with E-state index in [1.165, 1.54) is 12.1 Å². The van der Waals surface area contributed by atoms with Crippen molar-refractivity contribution in [1.82, 2.24) is 10.3 Å². The van der Waals surface area contributed by atoms with E-state index in [1.54, 1.807) is 44.7 Å². The van der Waals surface area contributed by atoms with Gasteiger partial charge in [0.1, 0.15) is 5.82 Å². The van der Waals surface area contributed by atoms with Crippen LogP contribution in [-0.4, -0.2) is 25.1 Å². The van der Waals surface area contributed by atoms with Crippen LogP contribution in [0.3, 0.4) is 0 Å². The number of methoxy groups -OCH3 is 2. The van der Waals surface area contributed by atoms with Crippen molar-refractivity contribution in [3.8, 4) is 11.5 Å². The maximum Gasteiger partial charge on any atom is 0.253 e. The van der Waals surface area contributed by atoms with Gasteiger partial charge in [0.2, 0.25) is 0 Å². The number of ether oxygens (including phenoxy) is 2. The molecule has 3 aromatic rings. The van der Waals surface area contributed by atoms with Gasteiger partial charge in [-0.05, 0) is 23.8 Å². The molecule has 3 rings (SSSR count). The number of carbonyl (C=O) groups excluding carboxylic acids is 1. The van der Waals surface area contributed by atoms with Crippen molar-refractivity contribution in [3.05, 3.63) is 59.5 Å². The largest absolute Gasteiger partial charge is 0.493 e. The first-order chi connectivity index (χ1) is 11.6. The minimum absolute atomic E-state index is 0.224. The van der Waals surface area contributed by atoms with Gasteiger partial charge in [-0.25, -0.2) is 4.39 Å². The molecule has 0 bridgehead atoms. The molecule has 0 unspecified atom stereocenters. The molecule has 1 heterocycles. The van der Waals surface area contributed by atoms with Crippen LogP contribution in [0.15, 0.2) is 42.6 Å². The van der Waals surface area contributed by atoms with Crippen LogP contribution in [0.1, 0.15) is 15.9 Å². The van der Waals surface area contributed by atoms with Crippen molar-refractivity contribution in [2.75, 3.05) is 14.2 Å². The first-order valence-electron chi connectivity index (χ1n) is 7.38. The third kappa shape index (κ3) is 3.03. The van der Waals surface area contributed by atoms with E-state index >= 15 is 0 Å². The first-order valence-corrected chi connectivity index (χ1v) is 7.38. The van der Waals surface area contributed by atoms with E-state index in [0.29, 0.717) is 23.6 Å². The molecular formula is C18H17FN2O3. The van der Waals surface area contributed by atoms with Crippen LogP contribution in [-0.2, 0) is 6.54 Å². The van der Waals surface area contributed by atoms with Crippen molar-refractivity contribution in [2.45, 2.75) is 6.54 Å². The molecule has 5 nitrogen and oxygen atoms in total. The van der Waals surface area contributed by atoms with E-state index in [1.807, 2.05) is 0 Å². The van der Waals surface area contributed by atoms with Crippen LogP contribution in [0.4, 0.5) is 4.39 Å². The van der Waals surface area contributed by atoms with Crippen molar-refractivity contribution in [3.63, 3.8) is 0 Å². The Morgan fingerprint density at radius 1 is 1.12 bits per heavy atom. The van der Waals surface area contributed by atoms with Gasteiger partial charge in [-0.3, -0.25) is 4.79 Å². The van der Waals surface area contributed by atoms with Gasteiger partial charge in [-0.2, -0.15) is 0 Å². The van der Waals surface area contributed by atoms with Gasteiger partial charge in [0.15, 0.2) is 11.5 Å². The summed E-state index contributed by atoms with van der Waals surface area (Å²) < 4.78 is 23.4. The molecule has 6 heteroatoms. The molecule has 0 saturated carbocycles. The molecule has 0 radical (unpaired) electrons. The number of nitrogens with one attached hydrogen (secondary N) is 2. The number of hydrogen-bond donors (Lipinski definition) is 2. The fourth-order valence-electron chi connectivity index (χ4n) is 2.52. The van der Waals surface area contributed by atoms with Crippen molar-refractivity contribution in [1.29, 1.82) is 0 Å². The van der Waals surface area contributed by atoms with Crippen molar-refractivity contribution >= 4 is 16.8 Å². The molecule has 0 atom stereocenters. The van der Waals surface area contributed by atoms with E-state index in [9.17, 15) is 9.18 Å². The van der Waals surface area contributed by atoms with E-state index in [0.717, 1.165) is 16.5 Å². The summed E-state index contributed by atoms with van der Waals surface area (Å²) in [6.07, 6.45) is 1.64. The van der Waals surface area contributed by atoms with Crippen LogP contribution < -0.4 is 14.8 Å². The summed E-state index contributed by atoms with van der Waals surface area (Å²) in [6.45, 7) is 0.319. The Hall–Kier alpha value is -3.02. The number of carbonyl (C=O) groups is 1. The number of H-pyrrole nitrogens is 1. The fourth-order valence-corrected chi connectivity index (χ4v) is 2.52. The minimum atomic E-state index is -0.303. The topological polar surface area (TPSA) is 63.4 Å². The maximum atomic E-state index is 12.9. The molecule has 0 spiro atoms. The number of rotatable bonds is 5. The molecule has 2 aromatic carbocycles. The Morgan fingerprint density at radius 3 is 2.46 bits per heavy atom. The monoisotopic (exact) mass is 328 g/mol. The van der Waals surface area contributed by atoms with E-state index in [-0.39, 0.29) is 11.7 Å². The Kier molecular flexibility index (Phi) is 4.37. The highest BCUT2D eigenvalue weighted by atomic mass is 19.1. The second-order valence-corrected chi connectivity index (χ2v) is 5.26. The zero-order chi connectivity index (χ0) is 17.1. The lowest BCUT2D eigenvalue weighted by molar-refractivity contribution is 0.0952. The lowest BCUT2D eigenvalue weighted by Crippen LogP contribution is -2.22. The molecule has 1 aromatic heterocycles. The summed E-state index contributed by atoms with van der Waals surface area (Å²) in [6, 6.07) is 9.55. The van der Waals surface area contributed by atoms with Crippen molar-refractivity contribution < 1.29 is 18.7 Å². The third-order valence-electron chi connectivity index (χ3n) is 3.80. The summed E-state index contributed by atoms with van der Waals surface area (Å²) in [5.41, 5.74) is 2.11. The van der Waals surface area contributed by atoms with Gasteiger partial charge in [-0.15, -0.1) is 0 Å². The number of hydrogen-bond acceptors (Lipinski definition) is 3. The van der Waals surface area contributed by atoms with Gasteiger partial charge in [0, 0.05) is 24.2 Å². The first kappa shape index (κ1) is 15.9. The summed E-state index contributed by atoms with van der Waals surface area (Å²) in [5, 5.41) is 3.57. The SMILES string of the molecule is COc1cc2[nH]cc(C(=O)NCc3ccc(F)cc3)c2cc1OC. The van der Waals surface area contributed by atoms with Gasteiger partial charge < -0.3 is 19.8 Å². The number of aromatic amines is 1. The number of fused-ring (bicyclic) bond motifs is 1. The Labute approximate surface area is 138 Å². The average molecular weight is 328 g/mol. The molecule has 0 aliphatic heterocycles. The second kappa shape index (κ2) is 6.62. The number of aromatic nitrogens is 1. The van der Waals surface area contributed by atoms with Crippen LogP contribution in [0.5, 0.6) is 11.5 Å². The quantitative estimate of drug-likeness (QED) is 0.756. The summed E-state index contributed by atoms with van der Waals surface area (Å²) in [5.74, 6) is 0.614. The smallest absolute Gasteiger partial charge is 0.253 e. The maximum absolute atomic E-state index is 12.9. The molecule has 24 heavy (non-hydrogen) atoms. The molecule has 0 saturated heterocycles. The third-order valence-corrected chi connectivity index (χ3v) is 3.80. The van der Waals surface area contributed by atoms with Gasteiger partial charge in [0.05, 0.1) is 25.3 Å². The number of halogens is 1. The van der Waals surface area contributed by atoms with Gasteiger partial charge in [0.25, 0.3) is 5.91 Å². The lowest BCUT2D eigenvalue weighted by atomic mass is 10.1. The van der Waals surface area contributed by atoms with E-state index in [2.05, 4.69) is 10.3 Å². The lowest BCUT2D eigenvalue weighted by Gasteiger charge is -2.08. The highest BCUT2D eigenvalue weighted by Gasteiger charge is 2.15. The van der Waals surface area contributed by atoms with Crippen LogP contribution in [0, 0.1) is 5.82 Å². The molecule has 2 N–H and O–H groups in total. The number of benzene rings is 2. The predicted molar refractivity (Wildman–Crippen MR) is 89.0 cm³/mol. The zero-order valence-electron chi connectivity index (χ0n) is 13.4. The highest BCUT2D eigenvalue weighted by Crippen LogP contribution is 2.33. The summed E-state index contributed by atoms with van der Waals surface area (Å²) in [4.78, 5) is 15.5. The average Bonchev–Trinajstić information content (AvgIpc) is 3.02. The molecule has 124 valence electrons. The molecule has 0 aliphatic carbocycles. The molecule has 0 aliphatic rings. The van der Waals surface area contributed by atoms with E-state index < -0.39 is 0 Å². The zero-order valence-corrected chi connectivity index (χ0v) is 13.4. The Balaban J connectivity index is 1.83. The molecule has 1 amide bonds. The van der Waals surface area contributed by atoms with Crippen LogP contribution >= 0.6 is 0 Å². The molecular weight excluding hydrogens is 311 g/mol. The van der Waals surface area contributed by atoms with Crippen LogP contribution in [0.2, 0.25) is 0 Å². The summed E-state index contributed by atoms with van der Waals surface area (Å²) >= 11 is 0. The minimum Gasteiger partial charge on any atom is -0.493 e.